The number of hydrogen-bond donors (Lipinski definition) is 1. The van der Waals surface area contributed by atoms with Crippen LogP contribution in [0.25, 0.3) is 10.9 Å². The lowest BCUT2D eigenvalue weighted by molar-refractivity contribution is 0.0267. The van der Waals surface area contributed by atoms with Crippen molar-refractivity contribution in [2.24, 2.45) is 5.41 Å². The third-order valence-electron chi connectivity index (χ3n) is 7.57. The minimum absolute atomic E-state index is 0.0219. The minimum atomic E-state index is 0.0219. The monoisotopic (exact) mass is 419 g/mol. The lowest BCUT2D eigenvalue weighted by Gasteiger charge is -2.50. The van der Waals surface area contributed by atoms with Gasteiger partial charge in [0.15, 0.2) is 0 Å². The molecular weight excluding hydrogens is 382 g/mol. The largest absolute Gasteiger partial charge is 0.376 e. The summed E-state index contributed by atoms with van der Waals surface area (Å²) in [6.45, 7) is 4.48. The first-order chi connectivity index (χ1) is 14.9. The van der Waals surface area contributed by atoms with Crippen LogP contribution in [-0.4, -0.2) is 47.2 Å². The van der Waals surface area contributed by atoms with E-state index in [1.54, 1.807) is 0 Å². The number of nitrogens with zero attached hydrogens (tertiary/aromatic N) is 3. The van der Waals surface area contributed by atoms with Crippen LogP contribution in [0.4, 0.5) is 0 Å². The molecule has 0 amide bonds. The maximum absolute atomic E-state index is 9.72. The van der Waals surface area contributed by atoms with Gasteiger partial charge in [-0.2, -0.15) is 0 Å². The highest BCUT2D eigenvalue weighted by Gasteiger charge is 2.43. The van der Waals surface area contributed by atoms with Gasteiger partial charge >= 0.3 is 0 Å². The number of benzene rings is 2. The van der Waals surface area contributed by atoms with Crippen molar-refractivity contribution in [2.75, 3.05) is 27.7 Å². The van der Waals surface area contributed by atoms with E-state index in [9.17, 15) is 5.11 Å². The second kappa shape index (κ2) is 8.78. The van der Waals surface area contributed by atoms with E-state index in [0.29, 0.717) is 5.41 Å². The summed E-state index contributed by atoms with van der Waals surface area (Å²) in [5.41, 5.74) is 4.31. The summed E-state index contributed by atoms with van der Waals surface area (Å²) in [5.74, 6) is 0. The average molecular weight is 420 g/mol. The van der Waals surface area contributed by atoms with Gasteiger partial charge in [-0.3, -0.25) is 4.90 Å². The summed E-state index contributed by atoms with van der Waals surface area (Å²) in [6, 6.07) is 19.4. The number of aromatic nitrogens is 1. The van der Waals surface area contributed by atoms with Crippen molar-refractivity contribution < 1.29 is 5.11 Å². The zero-order chi connectivity index (χ0) is 22.1. The van der Waals surface area contributed by atoms with Crippen molar-refractivity contribution in [3.8, 4) is 0 Å². The molecule has 3 aromatic rings. The summed E-state index contributed by atoms with van der Waals surface area (Å²) in [6.07, 6.45) is 6.94. The molecule has 1 fully saturated rings. The van der Waals surface area contributed by atoms with Gasteiger partial charge in [-0.1, -0.05) is 55.5 Å². The van der Waals surface area contributed by atoms with Gasteiger partial charge < -0.3 is 14.6 Å². The van der Waals surface area contributed by atoms with Crippen molar-refractivity contribution in [1.29, 1.82) is 0 Å². The molecule has 0 atom stereocenters. The van der Waals surface area contributed by atoms with Gasteiger partial charge in [-0.05, 0) is 69.4 Å². The van der Waals surface area contributed by atoms with Crippen molar-refractivity contribution in [3.05, 3.63) is 71.9 Å². The zero-order valence-corrected chi connectivity index (χ0v) is 19.5. The first kappa shape index (κ1) is 22.1. The van der Waals surface area contributed by atoms with Crippen molar-refractivity contribution in [3.63, 3.8) is 0 Å². The molecule has 1 aliphatic rings. The number of aliphatic hydroxyl groups excluding tert-OH is 1. The molecule has 2 aromatic carbocycles. The van der Waals surface area contributed by atoms with Crippen LogP contribution < -0.4 is 0 Å². The Morgan fingerprint density at radius 2 is 1.55 bits per heavy atom. The van der Waals surface area contributed by atoms with Crippen LogP contribution in [0, 0.1) is 5.41 Å². The van der Waals surface area contributed by atoms with Crippen LogP contribution in [0.15, 0.2) is 60.8 Å². The van der Waals surface area contributed by atoms with E-state index in [2.05, 4.69) is 92.6 Å². The van der Waals surface area contributed by atoms with Gasteiger partial charge in [0, 0.05) is 30.2 Å². The molecule has 4 heteroatoms. The fourth-order valence-corrected chi connectivity index (χ4v) is 5.73. The number of hydrogen-bond acceptors (Lipinski definition) is 3. The molecule has 1 saturated carbocycles. The van der Waals surface area contributed by atoms with Crippen LogP contribution >= 0.6 is 0 Å². The molecule has 4 nitrogen and oxygen atoms in total. The Bertz CT molecular complexity index is 1000. The summed E-state index contributed by atoms with van der Waals surface area (Å²) in [7, 11) is 6.71. The maximum atomic E-state index is 9.72. The SMILES string of the molecule is CN(Cc1cn(CO)c2ccccc12)CC1(C)CCC(c2ccccc2)(N(C)C)CC1. The molecule has 0 aliphatic heterocycles. The van der Waals surface area contributed by atoms with E-state index in [4.69, 9.17) is 0 Å². The molecule has 1 N–H and O–H groups in total. The highest BCUT2D eigenvalue weighted by Crippen LogP contribution is 2.48. The van der Waals surface area contributed by atoms with E-state index in [1.807, 2.05) is 10.6 Å². The summed E-state index contributed by atoms with van der Waals surface area (Å²) in [5, 5.41) is 11.0. The molecule has 166 valence electrons. The van der Waals surface area contributed by atoms with Crippen LogP contribution in [0.3, 0.4) is 0 Å². The Morgan fingerprint density at radius 1 is 0.903 bits per heavy atom. The van der Waals surface area contributed by atoms with Crippen LogP contribution in [0.2, 0.25) is 0 Å². The topological polar surface area (TPSA) is 31.6 Å². The average Bonchev–Trinajstić information content (AvgIpc) is 3.12. The predicted octanol–water partition coefficient (Wildman–Crippen LogP) is 5.06. The maximum Gasteiger partial charge on any atom is 0.119 e. The molecule has 0 bridgehead atoms. The fourth-order valence-electron chi connectivity index (χ4n) is 5.73. The van der Waals surface area contributed by atoms with E-state index in [0.717, 1.165) is 18.6 Å². The Labute approximate surface area is 187 Å². The summed E-state index contributed by atoms with van der Waals surface area (Å²) < 4.78 is 1.94. The summed E-state index contributed by atoms with van der Waals surface area (Å²) in [4.78, 5) is 4.91. The van der Waals surface area contributed by atoms with Crippen LogP contribution in [-0.2, 0) is 18.8 Å². The quantitative estimate of drug-likeness (QED) is 0.581. The van der Waals surface area contributed by atoms with E-state index in [-0.39, 0.29) is 12.3 Å². The normalized spacial score (nSPS) is 24.4. The van der Waals surface area contributed by atoms with Crippen molar-refractivity contribution in [1.82, 2.24) is 14.4 Å². The molecule has 1 heterocycles. The molecule has 0 spiro atoms. The standard InChI is InChI=1S/C27H37N3O/c1-26(14-16-27(17-15-26,28(2)3)23-10-6-5-7-11-23)20-29(4)18-22-19-30(21-31)25-13-9-8-12-24(22)25/h5-13,19,31H,14-18,20-21H2,1-4H3. The third-order valence-corrected chi connectivity index (χ3v) is 7.57. The highest BCUT2D eigenvalue weighted by atomic mass is 16.3. The van der Waals surface area contributed by atoms with Crippen LogP contribution in [0.5, 0.6) is 0 Å². The van der Waals surface area contributed by atoms with E-state index >= 15 is 0 Å². The molecule has 1 aromatic heterocycles. The molecule has 1 aliphatic carbocycles. The molecule has 0 saturated heterocycles. The second-order valence-electron chi connectivity index (χ2n) is 10.1. The smallest absolute Gasteiger partial charge is 0.119 e. The minimum Gasteiger partial charge on any atom is -0.376 e. The van der Waals surface area contributed by atoms with Gasteiger partial charge in [-0.15, -0.1) is 0 Å². The third kappa shape index (κ3) is 4.30. The van der Waals surface area contributed by atoms with Gasteiger partial charge in [-0.25, -0.2) is 0 Å². The molecule has 0 radical (unpaired) electrons. The lowest BCUT2D eigenvalue weighted by atomic mass is 9.65. The first-order valence-corrected chi connectivity index (χ1v) is 11.5. The predicted molar refractivity (Wildman–Crippen MR) is 129 cm³/mol. The second-order valence-corrected chi connectivity index (χ2v) is 10.1. The van der Waals surface area contributed by atoms with Crippen molar-refractivity contribution in [2.45, 2.75) is 51.4 Å². The van der Waals surface area contributed by atoms with Crippen molar-refractivity contribution >= 4 is 10.9 Å². The lowest BCUT2D eigenvalue weighted by Crippen LogP contribution is -2.48. The van der Waals surface area contributed by atoms with Gasteiger partial charge in [0.2, 0.25) is 0 Å². The first-order valence-electron chi connectivity index (χ1n) is 11.5. The summed E-state index contributed by atoms with van der Waals surface area (Å²) >= 11 is 0. The van der Waals surface area contributed by atoms with Gasteiger partial charge in [0.1, 0.15) is 6.73 Å². The Hall–Kier alpha value is -2.14. The molecular formula is C27H37N3O. The highest BCUT2D eigenvalue weighted by molar-refractivity contribution is 5.83. The Morgan fingerprint density at radius 3 is 2.19 bits per heavy atom. The zero-order valence-electron chi connectivity index (χ0n) is 19.5. The van der Waals surface area contributed by atoms with Crippen LogP contribution in [0.1, 0.15) is 43.7 Å². The van der Waals surface area contributed by atoms with Gasteiger partial charge in [0.25, 0.3) is 0 Å². The molecule has 4 rings (SSSR count). The number of fused-ring (bicyclic) bond motifs is 1. The number of para-hydroxylation sites is 1. The Kier molecular flexibility index (Phi) is 6.25. The molecule has 0 unspecified atom stereocenters. The van der Waals surface area contributed by atoms with E-state index < -0.39 is 0 Å². The molecule has 31 heavy (non-hydrogen) atoms. The number of aliphatic hydroxyl groups is 1. The number of rotatable bonds is 7. The Balaban J connectivity index is 1.46. The fraction of sp³-hybridized carbons (Fsp3) is 0.481. The van der Waals surface area contributed by atoms with Gasteiger partial charge in [0.05, 0.1) is 5.52 Å². The van der Waals surface area contributed by atoms with E-state index in [1.165, 1.54) is 42.2 Å².